The minimum absolute atomic E-state index is 0.119. The highest BCUT2D eigenvalue weighted by Crippen LogP contribution is 2.33. The summed E-state index contributed by atoms with van der Waals surface area (Å²) < 4.78 is 16.3. The van der Waals surface area contributed by atoms with Crippen molar-refractivity contribution in [2.45, 2.75) is 26.4 Å². The third-order valence-corrected chi connectivity index (χ3v) is 5.62. The molecule has 3 rings (SSSR count). The number of nitrogens with zero attached hydrogens (tertiary/aromatic N) is 1. The van der Waals surface area contributed by atoms with Gasteiger partial charge in [-0.2, -0.15) is 0 Å². The summed E-state index contributed by atoms with van der Waals surface area (Å²) in [5.74, 6) is 1.68. The summed E-state index contributed by atoms with van der Waals surface area (Å²) in [6.45, 7) is 4.06. The van der Waals surface area contributed by atoms with Crippen molar-refractivity contribution in [3.8, 4) is 28.5 Å². The number of rotatable bonds is 8. The van der Waals surface area contributed by atoms with Crippen molar-refractivity contribution in [3.05, 3.63) is 53.4 Å². The van der Waals surface area contributed by atoms with Crippen LogP contribution in [-0.4, -0.2) is 36.3 Å². The Morgan fingerprint density at radius 1 is 1.12 bits per heavy atom. The first-order valence-electron chi connectivity index (χ1n) is 10.0. The average Bonchev–Trinajstić information content (AvgIpc) is 3.27. The van der Waals surface area contributed by atoms with Gasteiger partial charge in [0, 0.05) is 16.5 Å². The quantitative estimate of drug-likeness (QED) is 0.441. The predicted molar refractivity (Wildman–Crippen MR) is 131 cm³/mol. The van der Waals surface area contributed by atoms with Gasteiger partial charge in [-0.15, -0.1) is 11.3 Å². The Kier molecular flexibility index (Phi) is 8.02. The summed E-state index contributed by atoms with van der Waals surface area (Å²) in [6.07, 6.45) is 1.03. The topological polar surface area (TPSA) is 81.7 Å². The van der Waals surface area contributed by atoms with Crippen molar-refractivity contribution in [2.75, 3.05) is 19.5 Å². The molecule has 2 aromatic carbocycles. The lowest BCUT2D eigenvalue weighted by Crippen LogP contribution is -2.34. The number of thiazole rings is 1. The number of carbonyl (C=O) groups is 1. The van der Waals surface area contributed by atoms with Gasteiger partial charge in [-0.1, -0.05) is 6.92 Å². The van der Waals surface area contributed by atoms with E-state index in [0.717, 1.165) is 23.4 Å². The number of carbonyl (C=O) groups excluding carboxylic acids is 1. The molecule has 9 heteroatoms. The van der Waals surface area contributed by atoms with E-state index >= 15 is 0 Å². The molecular formula is C23H25N3O4S2. The second kappa shape index (κ2) is 10.9. The molecule has 1 amide bonds. The van der Waals surface area contributed by atoms with Crippen molar-refractivity contribution in [3.63, 3.8) is 0 Å². The van der Waals surface area contributed by atoms with E-state index in [1.54, 1.807) is 38.5 Å². The van der Waals surface area contributed by atoms with Crippen LogP contribution in [0.25, 0.3) is 11.3 Å². The summed E-state index contributed by atoms with van der Waals surface area (Å²) in [4.78, 5) is 17.0. The normalized spacial score (nSPS) is 11.4. The Balaban J connectivity index is 1.60. The molecule has 0 radical (unpaired) electrons. The Bertz CT molecular complexity index is 1080. The van der Waals surface area contributed by atoms with Crippen molar-refractivity contribution in [1.29, 1.82) is 0 Å². The monoisotopic (exact) mass is 471 g/mol. The predicted octanol–water partition coefficient (Wildman–Crippen LogP) is 5.13. The number of aromatic nitrogens is 1. The fourth-order valence-corrected chi connectivity index (χ4v) is 3.74. The number of hydrogen-bond donors (Lipinski definition) is 2. The summed E-state index contributed by atoms with van der Waals surface area (Å²) in [7, 11) is 3.18. The van der Waals surface area contributed by atoms with Crippen LogP contribution in [-0.2, 0) is 0 Å². The summed E-state index contributed by atoms with van der Waals surface area (Å²) in [6, 6.07) is 12.5. The number of hydrogen-bond acceptors (Lipinski definition) is 7. The standard InChI is InChI=1S/C23H25N3O4S2/c1-5-14(2)30-17-9-6-15(7-10-17)21(27)25-22(31)26-23-24-18(13-32-23)16-8-11-19(28-3)20(12-16)29-4/h6-14H,5H2,1-4H3,(H2,24,25,26,27,31)/t14-/m1/s1. The Morgan fingerprint density at radius 3 is 2.50 bits per heavy atom. The van der Waals surface area contributed by atoms with Crippen molar-refractivity contribution >= 4 is 39.7 Å². The van der Waals surface area contributed by atoms with Gasteiger partial charge in [-0.25, -0.2) is 4.98 Å². The molecule has 32 heavy (non-hydrogen) atoms. The first kappa shape index (κ1) is 23.5. The van der Waals surface area contributed by atoms with E-state index in [9.17, 15) is 4.79 Å². The Hall–Kier alpha value is -3.17. The molecule has 0 saturated heterocycles. The Morgan fingerprint density at radius 2 is 1.84 bits per heavy atom. The number of amides is 1. The lowest BCUT2D eigenvalue weighted by Gasteiger charge is -2.13. The average molecular weight is 472 g/mol. The van der Waals surface area contributed by atoms with Gasteiger partial charge in [0.2, 0.25) is 0 Å². The molecule has 0 aliphatic heterocycles. The first-order valence-corrected chi connectivity index (χ1v) is 11.3. The van der Waals surface area contributed by atoms with Crippen LogP contribution in [0.5, 0.6) is 17.2 Å². The number of anilines is 1. The van der Waals surface area contributed by atoms with Gasteiger partial charge < -0.3 is 19.5 Å². The zero-order valence-electron chi connectivity index (χ0n) is 18.3. The SMILES string of the molecule is CC[C@@H](C)Oc1ccc(C(=O)NC(=S)Nc2nc(-c3ccc(OC)c(OC)c3)cs2)cc1. The van der Waals surface area contributed by atoms with Crippen LogP contribution in [0.4, 0.5) is 5.13 Å². The molecule has 0 aliphatic carbocycles. The molecule has 2 N–H and O–H groups in total. The molecule has 0 fully saturated rings. The molecule has 0 bridgehead atoms. The van der Waals surface area contributed by atoms with Gasteiger partial charge in [0.25, 0.3) is 5.91 Å². The second-order valence-electron chi connectivity index (χ2n) is 6.88. The number of ether oxygens (including phenoxy) is 3. The molecule has 3 aromatic rings. The van der Waals surface area contributed by atoms with E-state index in [1.807, 2.05) is 30.5 Å². The fraction of sp³-hybridized carbons (Fsp3) is 0.261. The maximum absolute atomic E-state index is 12.5. The van der Waals surface area contributed by atoms with E-state index in [1.165, 1.54) is 11.3 Å². The number of methoxy groups -OCH3 is 2. The lowest BCUT2D eigenvalue weighted by molar-refractivity contribution is 0.0977. The molecule has 168 valence electrons. The van der Waals surface area contributed by atoms with Crippen molar-refractivity contribution in [1.82, 2.24) is 10.3 Å². The molecule has 0 saturated carbocycles. The third kappa shape index (κ3) is 5.95. The van der Waals surface area contributed by atoms with E-state index in [-0.39, 0.29) is 17.1 Å². The number of benzene rings is 2. The maximum atomic E-state index is 12.5. The summed E-state index contributed by atoms with van der Waals surface area (Å²) in [5.41, 5.74) is 2.11. The molecular weight excluding hydrogens is 446 g/mol. The number of thiocarbonyl (C=S) groups is 1. The van der Waals surface area contributed by atoms with Crippen LogP contribution in [0.15, 0.2) is 47.8 Å². The minimum atomic E-state index is -0.311. The largest absolute Gasteiger partial charge is 0.493 e. The zero-order chi connectivity index (χ0) is 23.1. The molecule has 0 spiro atoms. The maximum Gasteiger partial charge on any atom is 0.257 e. The van der Waals surface area contributed by atoms with Gasteiger partial charge in [-0.3, -0.25) is 10.1 Å². The van der Waals surface area contributed by atoms with Crippen LogP contribution < -0.4 is 24.8 Å². The van der Waals surface area contributed by atoms with Gasteiger partial charge in [0.15, 0.2) is 21.7 Å². The van der Waals surface area contributed by atoms with Crippen LogP contribution in [0.1, 0.15) is 30.6 Å². The number of nitrogens with one attached hydrogen (secondary N) is 2. The smallest absolute Gasteiger partial charge is 0.257 e. The second-order valence-corrected chi connectivity index (χ2v) is 8.14. The minimum Gasteiger partial charge on any atom is -0.493 e. The van der Waals surface area contributed by atoms with Crippen LogP contribution in [0.3, 0.4) is 0 Å². The van der Waals surface area contributed by atoms with E-state index < -0.39 is 0 Å². The zero-order valence-corrected chi connectivity index (χ0v) is 19.9. The van der Waals surface area contributed by atoms with E-state index in [0.29, 0.717) is 22.2 Å². The van der Waals surface area contributed by atoms with Crippen LogP contribution in [0, 0.1) is 0 Å². The van der Waals surface area contributed by atoms with Gasteiger partial charge in [0.05, 0.1) is 26.0 Å². The molecule has 1 atom stereocenters. The van der Waals surface area contributed by atoms with Gasteiger partial charge >= 0.3 is 0 Å². The van der Waals surface area contributed by atoms with Gasteiger partial charge in [-0.05, 0) is 68.0 Å². The van der Waals surface area contributed by atoms with Crippen molar-refractivity contribution < 1.29 is 19.0 Å². The highest BCUT2D eigenvalue weighted by atomic mass is 32.1. The van der Waals surface area contributed by atoms with E-state index in [2.05, 4.69) is 22.5 Å². The van der Waals surface area contributed by atoms with Crippen molar-refractivity contribution in [2.24, 2.45) is 0 Å². The summed E-state index contributed by atoms with van der Waals surface area (Å²) >= 11 is 6.65. The summed E-state index contributed by atoms with van der Waals surface area (Å²) in [5, 5.41) is 8.25. The molecule has 7 nitrogen and oxygen atoms in total. The van der Waals surface area contributed by atoms with Crippen LogP contribution in [0.2, 0.25) is 0 Å². The highest BCUT2D eigenvalue weighted by Gasteiger charge is 2.12. The molecule has 0 aliphatic rings. The molecule has 1 aromatic heterocycles. The highest BCUT2D eigenvalue weighted by molar-refractivity contribution is 7.80. The third-order valence-electron chi connectivity index (χ3n) is 4.66. The lowest BCUT2D eigenvalue weighted by atomic mass is 10.1. The first-order chi connectivity index (χ1) is 15.4. The van der Waals surface area contributed by atoms with Gasteiger partial charge in [0.1, 0.15) is 5.75 Å². The fourth-order valence-electron chi connectivity index (χ4n) is 2.76. The Labute approximate surface area is 196 Å². The van der Waals surface area contributed by atoms with Crippen LogP contribution >= 0.6 is 23.6 Å². The van der Waals surface area contributed by atoms with E-state index in [4.69, 9.17) is 26.4 Å². The molecule has 1 heterocycles. The molecule has 0 unspecified atom stereocenters.